The maximum absolute atomic E-state index is 12.9. The van der Waals surface area contributed by atoms with Crippen molar-refractivity contribution in [1.29, 1.82) is 0 Å². The van der Waals surface area contributed by atoms with Gasteiger partial charge in [-0.15, -0.1) is 0 Å². The molecule has 1 aromatic carbocycles. The number of carbonyl (C=O) groups is 2. The first-order chi connectivity index (χ1) is 15.0. The molecule has 14 heteroatoms. The number of aromatic nitrogens is 3. The molecule has 3 aromatic rings. The van der Waals surface area contributed by atoms with Gasteiger partial charge in [0.2, 0.25) is 0 Å². The quantitative estimate of drug-likeness (QED) is 0.337. The summed E-state index contributed by atoms with van der Waals surface area (Å²) in [5, 5.41) is 9.30. The molecule has 0 aliphatic carbocycles. The van der Waals surface area contributed by atoms with Crippen LogP contribution in [0.2, 0.25) is 0 Å². The van der Waals surface area contributed by atoms with Gasteiger partial charge in [0.15, 0.2) is 0 Å². The van der Waals surface area contributed by atoms with Gasteiger partial charge in [0, 0.05) is 13.1 Å². The molecule has 0 aliphatic heterocycles. The SMILES string of the molecule is CC(C)CN(Cc1ccc(S(F)(F)(F)(F)F)cc1)C(=O)C(=O)Nc1cnc(N)c2cn[nH]c12. The second kappa shape index (κ2) is 7.57. The van der Waals surface area contributed by atoms with Crippen LogP contribution >= 0.6 is 10.2 Å². The predicted molar refractivity (Wildman–Crippen MR) is 115 cm³/mol. The van der Waals surface area contributed by atoms with E-state index in [4.69, 9.17) is 5.73 Å². The molecule has 0 saturated heterocycles. The topological polar surface area (TPSA) is 117 Å². The average Bonchev–Trinajstić information content (AvgIpc) is 3.18. The maximum Gasteiger partial charge on any atom is 0.314 e. The molecule has 3 rings (SSSR count). The number of hydrogen-bond donors (Lipinski definition) is 3. The van der Waals surface area contributed by atoms with Crippen LogP contribution in [0.5, 0.6) is 0 Å². The van der Waals surface area contributed by atoms with Crippen molar-refractivity contribution < 1.29 is 29.0 Å². The fraction of sp³-hybridized carbons (Fsp3) is 0.263. The zero-order valence-electron chi connectivity index (χ0n) is 17.5. The second-order valence-electron chi connectivity index (χ2n) is 7.86. The highest BCUT2D eigenvalue weighted by atomic mass is 32.5. The van der Waals surface area contributed by atoms with Gasteiger partial charge in [-0.2, -0.15) is 5.10 Å². The molecule has 0 atom stereocenters. The number of nitrogen functional groups attached to an aromatic ring is 1. The standard InChI is InChI=1S/C19H21F5N6O2S/c1-11(2)9-30(10-12-3-5-13(6-4-12)33(20,21,22,23)24)19(32)18(31)28-15-8-26-17(25)14-7-27-29-16(14)15/h3-8,11H,9-10H2,1-2H3,(H2,25,26)(H,27,29)(H,28,31). The molecule has 180 valence electrons. The van der Waals surface area contributed by atoms with Crippen LogP contribution in [0, 0.1) is 5.92 Å². The molecular formula is C19H21F5N6O2S. The smallest absolute Gasteiger partial charge is 0.314 e. The van der Waals surface area contributed by atoms with Crippen LogP contribution in [-0.2, 0) is 16.1 Å². The number of benzene rings is 1. The highest BCUT2D eigenvalue weighted by Crippen LogP contribution is 3.02. The first-order valence-electron chi connectivity index (χ1n) is 9.56. The highest BCUT2D eigenvalue weighted by Gasteiger charge is 2.65. The molecule has 0 fully saturated rings. The summed E-state index contributed by atoms with van der Waals surface area (Å²) in [5.74, 6) is -1.92. The molecule has 0 saturated carbocycles. The van der Waals surface area contributed by atoms with Crippen molar-refractivity contribution in [3.8, 4) is 0 Å². The highest BCUT2D eigenvalue weighted by molar-refractivity contribution is 8.45. The van der Waals surface area contributed by atoms with E-state index >= 15 is 0 Å². The van der Waals surface area contributed by atoms with E-state index in [2.05, 4.69) is 20.5 Å². The van der Waals surface area contributed by atoms with Crippen molar-refractivity contribution in [2.75, 3.05) is 17.6 Å². The first-order valence-corrected chi connectivity index (χ1v) is 11.5. The Morgan fingerprint density at radius 2 is 1.76 bits per heavy atom. The van der Waals surface area contributed by atoms with Crippen molar-refractivity contribution in [2.45, 2.75) is 25.3 Å². The first kappa shape index (κ1) is 24.2. The van der Waals surface area contributed by atoms with Gasteiger partial charge in [0.25, 0.3) is 0 Å². The predicted octanol–water partition coefficient (Wildman–Crippen LogP) is 4.82. The molecule has 0 bridgehead atoms. The lowest BCUT2D eigenvalue weighted by atomic mass is 10.1. The van der Waals surface area contributed by atoms with E-state index in [0.717, 1.165) is 17.0 Å². The lowest BCUT2D eigenvalue weighted by molar-refractivity contribution is -0.143. The summed E-state index contributed by atoms with van der Waals surface area (Å²) >= 11 is 0. The Balaban J connectivity index is 1.81. The number of nitrogens with two attached hydrogens (primary N) is 1. The minimum absolute atomic E-state index is 0.0923. The van der Waals surface area contributed by atoms with Crippen molar-refractivity contribution in [1.82, 2.24) is 20.1 Å². The van der Waals surface area contributed by atoms with Gasteiger partial charge >= 0.3 is 22.0 Å². The number of halogens is 5. The fourth-order valence-electron chi connectivity index (χ4n) is 3.10. The summed E-state index contributed by atoms with van der Waals surface area (Å²) in [7, 11) is -9.81. The zero-order chi connectivity index (χ0) is 24.7. The largest absolute Gasteiger partial charge is 0.383 e. The van der Waals surface area contributed by atoms with Crippen LogP contribution in [0.4, 0.5) is 30.9 Å². The van der Waals surface area contributed by atoms with Crippen LogP contribution in [0.25, 0.3) is 10.9 Å². The van der Waals surface area contributed by atoms with Gasteiger partial charge in [0.05, 0.1) is 29.0 Å². The summed E-state index contributed by atoms with van der Waals surface area (Å²) < 4.78 is 64.7. The Morgan fingerprint density at radius 3 is 2.33 bits per heavy atom. The lowest BCUT2D eigenvalue weighted by Crippen LogP contribution is -2.41. The van der Waals surface area contributed by atoms with Gasteiger partial charge in [-0.3, -0.25) is 14.7 Å². The summed E-state index contributed by atoms with van der Waals surface area (Å²) in [5.41, 5.74) is 6.38. The van der Waals surface area contributed by atoms with E-state index in [1.807, 2.05) is 0 Å². The third kappa shape index (κ3) is 5.69. The Hall–Kier alpha value is -3.42. The normalized spacial score (nSPS) is 14.1. The summed E-state index contributed by atoms with van der Waals surface area (Å²) in [6.07, 6.45) is 2.64. The number of amides is 2. The molecule has 2 amide bonds. The Bertz CT molecular complexity index is 1210. The zero-order valence-corrected chi connectivity index (χ0v) is 18.3. The Kier molecular flexibility index (Phi) is 5.56. The number of anilines is 2. The number of nitrogens with zero attached hydrogens (tertiary/aromatic N) is 3. The summed E-state index contributed by atoms with van der Waals surface area (Å²) in [6.45, 7) is 3.38. The van der Waals surface area contributed by atoms with E-state index in [1.54, 1.807) is 13.8 Å². The number of H-pyrrole nitrogens is 1. The molecule has 33 heavy (non-hydrogen) atoms. The lowest BCUT2D eigenvalue weighted by Gasteiger charge is -2.40. The molecule has 0 unspecified atom stereocenters. The van der Waals surface area contributed by atoms with Gasteiger partial charge in [0.1, 0.15) is 10.7 Å². The molecule has 2 aromatic heterocycles. The molecule has 0 spiro atoms. The average molecular weight is 492 g/mol. The third-order valence-corrected chi connectivity index (χ3v) is 5.74. The monoisotopic (exact) mass is 492 g/mol. The third-order valence-electron chi connectivity index (χ3n) is 4.57. The van der Waals surface area contributed by atoms with Crippen LogP contribution in [0.1, 0.15) is 19.4 Å². The molecule has 0 radical (unpaired) electrons. The number of fused-ring (bicyclic) bond motifs is 1. The maximum atomic E-state index is 12.9. The van der Waals surface area contributed by atoms with E-state index in [0.29, 0.717) is 10.9 Å². The summed E-state index contributed by atoms with van der Waals surface area (Å²) in [6, 6.07) is 2.24. The number of hydrogen-bond acceptors (Lipinski definition) is 5. The van der Waals surface area contributed by atoms with E-state index < -0.39 is 26.9 Å². The van der Waals surface area contributed by atoms with Crippen LogP contribution in [-0.4, -0.2) is 38.4 Å². The van der Waals surface area contributed by atoms with Gasteiger partial charge < -0.3 is 16.0 Å². The van der Waals surface area contributed by atoms with Crippen LogP contribution in [0.3, 0.4) is 0 Å². The minimum Gasteiger partial charge on any atom is -0.383 e. The number of carbonyl (C=O) groups excluding carboxylic acids is 2. The van der Waals surface area contributed by atoms with Crippen molar-refractivity contribution in [3.05, 3.63) is 42.2 Å². The van der Waals surface area contributed by atoms with E-state index in [-0.39, 0.29) is 48.2 Å². The minimum atomic E-state index is -9.81. The van der Waals surface area contributed by atoms with Gasteiger partial charge in [-0.25, -0.2) is 4.98 Å². The number of rotatable bonds is 6. The van der Waals surface area contributed by atoms with E-state index in [1.165, 1.54) is 12.4 Å². The Labute approximate surface area is 185 Å². The molecule has 2 heterocycles. The molecule has 0 aliphatic rings. The van der Waals surface area contributed by atoms with Crippen LogP contribution < -0.4 is 11.1 Å². The van der Waals surface area contributed by atoms with Crippen LogP contribution in [0.15, 0.2) is 41.6 Å². The fourth-order valence-corrected chi connectivity index (χ4v) is 3.75. The van der Waals surface area contributed by atoms with Crippen molar-refractivity contribution in [3.63, 3.8) is 0 Å². The Morgan fingerprint density at radius 1 is 1.12 bits per heavy atom. The second-order valence-corrected chi connectivity index (χ2v) is 10.3. The van der Waals surface area contributed by atoms with Crippen molar-refractivity contribution >= 4 is 44.4 Å². The number of nitrogens with one attached hydrogen (secondary N) is 2. The molecule has 4 N–H and O–H groups in total. The van der Waals surface area contributed by atoms with Gasteiger partial charge in [-0.1, -0.05) is 45.4 Å². The number of aromatic amines is 1. The van der Waals surface area contributed by atoms with Gasteiger partial charge in [-0.05, 0) is 23.6 Å². The number of pyridine rings is 1. The van der Waals surface area contributed by atoms with E-state index in [9.17, 15) is 29.0 Å². The summed E-state index contributed by atoms with van der Waals surface area (Å²) in [4.78, 5) is 28.4. The molecular weight excluding hydrogens is 471 g/mol. The molecule has 8 nitrogen and oxygen atoms in total. The van der Waals surface area contributed by atoms with Crippen molar-refractivity contribution in [2.24, 2.45) is 5.92 Å².